The van der Waals surface area contributed by atoms with Crippen molar-refractivity contribution in [3.8, 4) is 5.75 Å². The van der Waals surface area contributed by atoms with Gasteiger partial charge in [-0.3, -0.25) is 0 Å². The lowest BCUT2D eigenvalue weighted by Gasteiger charge is -2.07. The molecule has 0 radical (unpaired) electrons. The van der Waals surface area contributed by atoms with Gasteiger partial charge in [-0.05, 0) is 23.6 Å². The highest BCUT2D eigenvalue weighted by atomic mass is 35.5. The molecule has 0 amide bonds. The fourth-order valence-electron chi connectivity index (χ4n) is 0.918. The molecule has 0 bridgehead atoms. The second kappa shape index (κ2) is 3.55. The quantitative estimate of drug-likeness (QED) is 0.738. The van der Waals surface area contributed by atoms with Gasteiger partial charge in [-0.25, -0.2) is 0 Å². The van der Waals surface area contributed by atoms with Gasteiger partial charge in [0.1, 0.15) is 0 Å². The third-order valence-corrected chi connectivity index (χ3v) is 2.28. The van der Waals surface area contributed by atoms with Crippen LogP contribution in [0.4, 0.5) is 0 Å². The molecule has 1 rings (SSSR count). The monoisotopic (exact) mass is 204 g/mol. The fourth-order valence-corrected chi connectivity index (χ4v) is 1.42. The Morgan fingerprint density at radius 1 is 1.17 bits per heavy atom. The summed E-state index contributed by atoms with van der Waals surface area (Å²) < 4.78 is 0. The molecule has 0 saturated heterocycles. The first-order valence-electron chi connectivity index (χ1n) is 3.70. The number of hydrogen-bond acceptors (Lipinski definition) is 1. The van der Waals surface area contributed by atoms with Crippen LogP contribution in [0.15, 0.2) is 12.1 Å². The minimum Gasteiger partial charge on any atom is -0.505 e. The first kappa shape index (κ1) is 9.69. The van der Waals surface area contributed by atoms with Gasteiger partial charge in [0.15, 0.2) is 5.75 Å². The third kappa shape index (κ3) is 1.85. The summed E-state index contributed by atoms with van der Waals surface area (Å²) in [5.74, 6) is 0.323. The molecule has 0 aliphatic rings. The normalized spacial score (nSPS) is 10.8. The van der Waals surface area contributed by atoms with Crippen molar-refractivity contribution in [1.82, 2.24) is 0 Å². The van der Waals surface area contributed by atoms with Crippen LogP contribution in [0.5, 0.6) is 5.75 Å². The predicted octanol–water partition coefficient (Wildman–Crippen LogP) is 3.82. The van der Waals surface area contributed by atoms with Gasteiger partial charge < -0.3 is 5.11 Å². The Bertz CT molecular complexity index is 272. The molecule has 1 aromatic carbocycles. The average Bonchev–Trinajstić information content (AvgIpc) is 1.99. The topological polar surface area (TPSA) is 20.2 Å². The number of phenols is 1. The van der Waals surface area contributed by atoms with Crippen molar-refractivity contribution < 1.29 is 5.11 Å². The van der Waals surface area contributed by atoms with E-state index >= 15 is 0 Å². The minimum atomic E-state index is -0.0391. The fraction of sp³-hybridized carbons (Fsp3) is 0.333. The number of phenolic OH excluding ortho intramolecular Hbond substituents is 1. The standard InChI is InChI=1S/C9H10Cl2O/c1-5(2)6-3-7(10)9(12)8(11)4-6/h3-5,12H,1-2H3. The van der Waals surface area contributed by atoms with Crippen LogP contribution < -0.4 is 0 Å². The summed E-state index contributed by atoms with van der Waals surface area (Å²) >= 11 is 11.5. The van der Waals surface area contributed by atoms with Crippen LogP contribution in [0.1, 0.15) is 25.3 Å². The zero-order valence-corrected chi connectivity index (χ0v) is 8.45. The van der Waals surface area contributed by atoms with E-state index < -0.39 is 0 Å². The van der Waals surface area contributed by atoms with Crippen LogP contribution in [-0.2, 0) is 0 Å². The Morgan fingerprint density at radius 3 is 1.92 bits per heavy atom. The van der Waals surface area contributed by atoms with E-state index in [9.17, 15) is 5.11 Å². The predicted molar refractivity (Wildman–Crippen MR) is 52.2 cm³/mol. The van der Waals surface area contributed by atoms with Gasteiger partial charge in [-0.1, -0.05) is 37.0 Å². The van der Waals surface area contributed by atoms with E-state index in [1.165, 1.54) is 0 Å². The van der Waals surface area contributed by atoms with Gasteiger partial charge in [-0.2, -0.15) is 0 Å². The molecule has 3 heteroatoms. The van der Waals surface area contributed by atoms with Crippen molar-refractivity contribution in [2.24, 2.45) is 0 Å². The van der Waals surface area contributed by atoms with Crippen molar-refractivity contribution in [2.75, 3.05) is 0 Å². The van der Waals surface area contributed by atoms with E-state index in [2.05, 4.69) is 0 Å². The Balaban J connectivity index is 3.21. The van der Waals surface area contributed by atoms with Crippen LogP contribution in [0.25, 0.3) is 0 Å². The molecule has 0 fully saturated rings. The van der Waals surface area contributed by atoms with Crippen molar-refractivity contribution in [3.05, 3.63) is 27.7 Å². The Kier molecular flexibility index (Phi) is 2.86. The molecule has 1 nitrogen and oxygen atoms in total. The lowest BCUT2D eigenvalue weighted by molar-refractivity contribution is 0.475. The molecule has 12 heavy (non-hydrogen) atoms. The average molecular weight is 205 g/mol. The van der Waals surface area contributed by atoms with Crippen LogP contribution in [0.3, 0.4) is 0 Å². The van der Waals surface area contributed by atoms with E-state index in [-0.39, 0.29) is 5.75 Å². The van der Waals surface area contributed by atoms with Crippen molar-refractivity contribution in [3.63, 3.8) is 0 Å². The summed E-state index contributed by atoms with van der Waals surface area (Å²) in [4.78, 5) is 0. The summed E-state index contributed by atoms with van der Waals surface area (Å²) in [7, 11) is 0. The summed E-state index contributed by atoms with van der Waals surface area (Å²) in [6, 6.07) is 3.46. The third-order valence-electron chi connectivity index (χ3n) is 1.71. The van der Waals surface area contributed by atoms with E-state index in [1.54, 1.807) is 12.1 Å². The minimum absolute atomic E-state index is 0.0391. The highest BCUT2D eigenvalue weighted by molar-refractivity contribution is 6.37. The molecular weight excluding hydrogens is 195 g/mol. The van der Waals surface area contributed by atoms with Gasteiger partial charge in [0.25, 0.3) is 0 Å². The van der Waals surface area contributed by atoms with Gasteiger partial charge >= 0.3 is 0 Å². The van der Waals surface area contributed by atoms with Gasteiger partial charge in [0.2, 0.25) is 0 Å². The number of benzene rings is 1. The first-order valence-corrected chi connectivity index (χ1v) is 4.46. The molecule has 0 heterocycles. The lowest BCUT2D eigenvalue weighted by Crippen LogP contribution is -1.87. The molecular formula is C9H10Cl2O. The molecule has 0 unspecified atom stereocenters. The number of halogens is 2. The van der Waals surface area contributed by atoms with Crippen LogP contribution in [-0.4, -0.2) is 5.11 Å². The van der Waals surface area contributed by atoms with E-state index in [0.29, 0.717) is 16.0 Å². The zero-order valence-electron chi connectivity index (χ0n) is 6.94. The second-order valence-electron chi connectivity index (χ2n) is 2.99. The molecule has 0 aliphatic carbocycles. The Morgan fingerprint density at radius 2 is 1.58 bits per heavy atom. The van der Waals surface area contributed by atoms with Gasteiger partial charge in [0.05, 0.1) is 10.0 Å². The maximum atomic E-state index is 9.25. The van der Waals surface area contributed by atoms with E-state index in [1.807, 2.05) is 13.8 Å². The first-order chi connectivity index (χ1) is 5.52. The van der Waals surface area contributed by atoms with E-state index in [4.69, 9.17) is 23.2 Å². The smallest absolute Gasteiger partial charge is 0.152 e. The molecule has 66 valence electrons. The SMILES string of the molecule is CC(C)c1cc(Cl)c(O)c(Cl)c1. The summed E-state index contributed by atoms with van der Waals surface area (Å²) in [6.45, 7) is 4.08. The maximum Gasteiger partial charge on any atom is 0.152 e. The number of hydrogen-bond donors (Lipinski definition) is 1. The van der Waals surface area contributed by atoms with Gasteiger partial charge in [0, 0.05) is 0 Å². The van der Waals surface area contributed by atoms with Gasteiger partial charge in [-0.15, -0.1) is 0 Å². The molecule has 0 saturated carbocycles. The largest absolute Gasteiger partial charge is 0.505 e. The zero-order chi connectivity index (χ0) is 9.30. The van der Waals surface area contributed by atoms with Crippen LogP contribution in [0, 0.1) is 0 Å². The Hall–Kier alpha value is -0.400. The van der Waals surface area contributed by atoms with Crippen LogP contribution in [0.2, 0.25) is 10.0 Å². The molecule has 0 aromatic heterocycles. The summed E-state index contributed by atoms with van der Waals surface area (Å²) in [5.41, 5.74) is 1.03. The van der Waals surface area contributed by atoms with Crippen molar-refractivity contribution in [1.29, 1.82) is 0 Å². The summed E-state index contributed by atoms with van der Waals surface area (Å²) in [5, 5.41) is 9.87. The van der Waals surface area contributed by atoms with Crippen molar-refractivity contribution >= 4 is 23.2 Å². The molecule has 1 N–H and O–H groups in total. The second-order valence-corrected chi connectivity index (χ2v) is 3.80. The number of rotatable bonds is 1. The van der Waals surface area contributed by atoms with Crippen LogP contribution >= 0.6 is 23.2 Å². The Labute approximate surface area is 81.9 Å². The molecule has 0 atom stereocenters. The maximum absolute atomic E-state index is 9.25. The molecule has 0 aliphatic heterocycles. The molecule has 0 spiro atoms. The molecule has 1 aromatic rings. The summed E-state index contributed by atoms with van der Waals surface area (Å²) in [6.07, 6.45) is 0. The highest BCUT2D eigenvalue weighted by Crippen LogP contribution is 2.34. The highest BCUT2D eigenvalue weighted by Gasteiger charge is 2.08. The number of aromatic hydroxyl groups is 1. The van der Waals surface area contributed by atoms with Crippen molar-refractivity contribution in [2.45, 2.75) is 19.8 Å². The van der Waals surface area contributed by atoms with E-state index in [0.717, 1.165) is 5.56 Å². The lowest BCUT2D eigenvalue weighted by atomic mass is 10.0.